The number of halogens is 1. The van der Waals surface area contributed by atoms with E-state index in [9.17, 15) is 18.8 Å². The smallest absolute Gasteiger partial charge is 0.335 e. The topological polar surface area (TPSA) is 145 Å². The predicted octanol–water partition coefficient (Wildman–Crippen LogP) is 0.442. The molecule has 0 amide bonds. The first-order valence-corrected chi connectivity index (χ1v) is 9.45. The zero-order chi connectivity index (χ0) is 22.6. The molecule has 2 aliphatic rings. The molecule has 9 nitrogen and oxygen atoms in total. The van der Waals surface area contributed by atoms with E-state index in [0.29, 0.717) is 6.04 Å². The van der Waals surface area contributed by atoms with Crippen LogP contribution < -0.4 is 0 Å². The first kappa shape index (κ1) is 23.7. The summed E-state index contributed by atoms with van der Waals surface area (Å²) in [7, 11) is 3.55. The number of ether oxygens (including phenoxy) is 1. The van der Waals surface area contributed by atoms with E-state index in [4.69, 9.17) is 25.2 Å². The molecular formula is C20H26FNO8. The summed E-state index contributed by atoms with van der Waals surface area (Å²) < 4.78 is 18.1. The number of hydrogen-bond acceptors (Lipinski definition) is 7. The molecular weight excluding hydrogens is 401 g/mol. The normalized spacial score (nSPS) is 27.4. The molecule has 10 heteroatoms. The number of aliphatic hydroxyl groups excluding tert-OH is 2. The lowest BCUT2D eigenvalue weighted by Gasteiger charge is -2.41. The first-order chi connectivity index (χ1) is 14.1. The third-order valence-electron chi connectivity index (χ3n) is 5.85. The minimum atomic E-state index is -2.27. The number of nitrogens with zero attached hydrogens (tertiary/aromatic N) is 1. The molecule has 0 aromatic heterocycles. The van der Waals surface area contributed by atoms with Gasteiger partial charge in [-0.3, -0.25) is 9.69 Å². The number of carbonyl (C=O) groups excluding carboxylic acids is 1. The average Bonchev–Trinajstić information content (AvgIpc) is 2.95. The molecule has 0 aliphatic carbocycles. The summed E-state index contributed by atoms with van der Waals surface area (Å²) in [5.41, 5.74) is 1.05. The van der Waals surface area contributed by atoms with Gasteiger partial charge in [-0.25, -0.2) is 14.0 Å². The van der Waals surface area contributed by atoms with Gasteiger partial charge in [-0.1, -0.05) is 12.1 Å². The van der Waals surface area contributed by atoms with Gasteiger partial charge in [0, 0.05) is 18.0 Å². The number of methoxy groups -OCH3 is 1. The van der Waals surface area contributed by atoms with Gasteiger partial charge in [0.05, 0.1) is 13.0 Å². The van der Waals surface area contributed by atoms with Crippen molar-refractivity contribution in [1.82, 2.24) is 4.90 Å². The summed E-state index contributed by atoms with van der Waals surface area (Å²) in [4.78, 5) is 34.1. The largest absolute Gasteiger partial charge is 0.479 e. The molecule has 0 spiro atoms. The minimum Gasteiger partial charge on any atom is -0.479 e. The zero-order valence-corrected chi connectivity index (χ0v) is 16.6. The fraction of sp³-hybridized carbons (Fsp3) is 0.550. The van der Waals surface area contributed by atoms with Crippen molar-refractivity contribution in [3.8, 4) is 0 Å². The molecule has 2 fully saturated rings. The highest BCUT2D eigenvalue weighted by Crippen LogP contribution is 2.46. The summed E-state index contributed by atoms with van der Waals surface area (Å²) in [6.45, 7) is 0. The van der Waals surface area contributed by atoms with E-state index >= 15 is 0 Å². The molecule has 1 aromatic rings. The maximum Gasteiger partial charge on any atom is 0.335 e. The summed E-state index contributed by atoms with van der Waals surface area (Å²) in [5.74, 6) is -3.92. The maximum atomic E-state index is 13.1. The van der Waals surface area contributed by atoms with Gasteiger partial charge in [0.15, 0.2) is 12.2 Å². The Kier molecular flexibility index (Phi) is 7.88. The SMILES string of the molecule is COC(=O)[C@H]1[C@@H](c2ccc(F)cc2)C[C@@H]2CC[C@H]1N2C.O=C(O)C(O)C(O)C(=O)O. The number of aliphatic carboxylic acids is 2. The van der Waals surface area contributed by atoms with E-state index in [1.54, 1.807) is 12.1 Å². The van der Waals surface area contributed by atoms with Gasteiger partial charge < -0.3 is 25.2 Å². The molecule has 2 unspecified atom stereocenters. The summed E-state index contributed by atoms with van der Waals surface area (Å²) in [5, 5.41) is 32.5. The molecule has 0 radical (unpaired) electrons. The number of piperidine rings is 1. The summed E-state index contributed by atoms with van der Waals surface area (Å²) in [6.07, 6.45) is -1.42. The number of fused-ring (bicyclic) bond motifs is 2. The van der Waals surface area contributed by atoms with Gasteiger partial charge in [-0.15, -0.1) is 0 Å². The van der Waals surface area contributed by atoms with Crippen molar-refractivity contribution in [3.05, 3.63) is 35.6 Å². The van der Waals surface area contributed by atoms with Gasteiger partial charge in [0.25, 0.3) is 0 Å². The summed E-state index contributed by atoms with van der Waals surface area (Å²) >= 11 is 0. The lowest BCUT2D eigenvalue weighted by atomic mass is 9.76. The second-order valence-corrected chi connectivity index (χ2v) is 7.47. The molecule has 2 bridgehead atoms. The van der Waals surface area contributed by atoms with E-state index in [-0.39, 0.29) is 29.7 Å². The zero-order valence-electron chi connectivity index (χ0n) is 16.6. The van der Waals surface area contributed by atoms with Gasteiger partial charge in [0.2, 0.25) is 0 Å². The van der Waals surface area contributed by atoms with Crippen LogP contribution in [-0.4, -0.2) is 81.7 Å². The Hall–Kier alpha value is -2.56. The highest BCUT2D eigenvalue weighted by molar-refractivity contribution is 5.83. The first-order valence-electron chi connectivity index (χ1n) is 9.45. The van der Waals surface area contributed by atoms with Crippen molar-refractivity contribution in [2.75, 3.05) is 14.2 Å². The van der Waals surface area contributed by atoms with Gasteiger partial charge in [-0.2, -0.15) is 0 Å². The quantitative estimate of drug-likeness (QED) is 0.492. The van der Waals surface area contributed by atoms with Crippen molar-refractivity contribution in [3.63, 3.8) is 0 Å². The molecule has 30 heavy (non-hydrogen) atoms. The molecule has 3 rings (SSSR count). The molecule has 2 heterocycles. The minimum absolute atomic E-state index is 0.136. The number of rotatable bonds is 5. The fourth-order valence-electron chi connectivity index (χ4n) is 4.25. The van der Waals surface area contributed by atoms with Crippen molar-refractivity contribution in [2.45, 2.75) is 49.5 Å². The van der Waals surface area contributed by atoms with Crippen molar-refractivity contribution in [2.24, 2.45) is 5.92 Å². The van der Waals surface area contributed by atoms with Crippen LogP contribution in [0, 0.1) is 11.7 Å². The van der Waals surface area contributed by atoms with Crippen LogP contribution in [0.2, 0.25) is 0 Å². The molecule has 166 valence electrons. The summed E-state index contributed by atoms with van der Waals surface area (Å²) in [6, 6.07) is 7.34. The van der Waals surface area contributed by atoms with Crippen molar-refractivity contribution >= 4 is 17.9 Å². The number of carbonyl (C=O) groups is 3. The van der Waals surface area contributed by atoms with Crippen LogP contribution in [0.15, 0.2) is 24.3 Å². The Morgan fingerprint density at radius 1 is 1.07 bits per heavy atom. The monoisotopic (exact) mass is 427 g/mol. The standard InChI is InChI=1S/C16H20FNO2.C4H6O6/c1-18-12-7-8-14(18)15(16(19)20-2)13(9-12)10-3-5-11(17)6-4-10;5-1(3(7)8)2(6)4(9)10/h3-6,12-15H,7-9H2,1-2H3;1-2,5-6H,(H,7,8)(H,9,10)/t12-,13+,14+,15-;/m0./s1. The van der Waals surface area contributed by atoms with Crippen molar-refractivity contribution < 1.29 is 43.9 Å². The van der Waals surface area contributed by atoms with Crippen LogP contribution in [0.3, 0.4) is 0 Å². The Labute approximate surface area is 172 Å². The van der Waals surface area contributed by atoms with E-state index in [1.807, 2.05) is 0 Å². The van der Waals surface area contributed by atoms with Crippen LogP contribution in [0.4, 0.5) is 4.39 Å². The van der Waals surface area contributed by atoms with Crippen LogP contribution in [0.25, 0.3) is 0 Å². The van der Waals surface area contributed by atoms with Crippen LogP contribution in [-0.2, 0) is 19.1 Å². The molecule has 1 aromatic carbocycles. The number of benzene rings is 1. The van der Waals surface area contributed by atoms with E-state index in [1.165, 1.54) is 19.2 Å². The molecule has 6 atom stereocenters. The average molecular weight is 427 g/mol. The Bertz CT molecular complexity index is 753. The van der Waals surface area contributed by atoms with Gasteiger partial charge in [-0.05, 0) is 44.0 Å². The number of carboxylic acids is 2. The second kappa shape index (κ2) is 9.96. The second-order valence-electron chi connectivity index (χ2n) is 7.47. The number of carboxylic acid groups (broad SMARTS) is 2. The van der Waals surface area contributed by atoms with Crippen LogP contribution in [0.5, 0.6) is 0 Å². The van der Waals surface area contributed by atoms with Crippen LogP contribution in [0.1, 0.15) is 30.7 Å². The van der Waals surface area contributed by atoms with Gasteiger partial charge >= 0.3 is 17.9 Å². The van der Waals surface area contributed by atoms with Gasteiger partial charge in [0.1, 0.15) is 5.82 Å². The highest BCUT2D eigenvalue weighted by atomic mass is 19.1. The third-order valence-corrected chi connectivity index (χ3v) is 5.85. The molecule has 2 saturated heterocycles. The Morgan fingerprint density at radius 2 is 1.60 bits per heavy atom. The Morgan fingerprint density at radius 3 is 2.07 bits per heavy atom. The molecule has 0 saturated carbocycles. The van der Waals surface area contributed by atoms with Crippen molar-refractivity contribution in [1.29, 1.82) is 0 Å². The Balaban J connectivity index is 0.000000274. The lowest BCUT2D eigenvalue weighted by Crippen LogP contribution is -2.49. The third kappa shape index (κ3) is 5.13. The number of hydrogen-bond donors (Lipinski definition) is 4. The van der Waals surface area contributed by atoms with E-state index < -0.39 is 24.1 Å². The molecule has 4 N–H and O–H groups in total. The highest BCUT2D eigenvalue weighted by Gasteiger charge is 2.49. The number of esters is 1. The van der Waals surface area contributed by atoms with Crippen LogP contribution >= 0.6 is 0 Å². The number of aliphatic hydroxyl groups is 2. The predicted molar refractivity (Wildman–Crippen MR) is 101 cm³/mol. The fourth-order valence-corrected chi connectivity index (χ4v) is 4.25. The van der Waals surface area contributed by atoms with E-state index in [2.05, 4.69) is 11.9 Å². The lowest BCUT2D eigenvalue weighted by molar-refractivity contribution is -0.165. The van der Waals surface area contributed by atoms with E-state index in [0.717, 1.165) is 24.8 Å². The molecule has 2 aliphatic heterocycles. The maximum absolute atomic E-state index is 13.1.